The zero-order valence-electron chi connectivity index (χ0n) is 14.3. The van der Waals surface area contributed by atoms with Gasteiger partial charge in [-0.15, -0.1) is 0 Å². The van der Waals surface area contributed by atoms with Gasteiger partial charge in [0.15, 0.2) is 11.9 Å². The van der Waals surface area contributed by atoms with Gasteiger partial charge in [0.25, 0.3) is 5.56 Å². The van der Waals surface area contributed by atoms with Crippen LogP contribution in [0.4, 0.5) is 0 Å². The van der Waals surface area contributed by atoms with Gasteiger partial charge < -0.3 is 14.2 Å². The maximum Gasteiger partial charge on any atom is 0.306 e. The van der Waals surface area contributed by atoms with Crippen LogP contribution in [0.2, 0.25) is 0 Å². The zero-order valence-corrected chi connectivity index (χ0v) is 14.3. The Hall–Kier alpha value is -2.96. The summed E-state index contributed by atoms with van der Waals surface area (Å²) in [6.45, 7) is 5.33. The lowest BCUT2D eigenvalue weighted by Crippen LogP contribution is -2.17. The number of hydrogen-bond acceptors (Lipinski definition) is 6. The molecule has 0 aliphatic carbocycles. The second-order valence-electron chi connectivity index (χ2n) is 5.90. The van der Waals surface area contributed by atoms with Crippen LogP contribution >= 0.6 is 0 Å². The summed E-state index contributed by atoms with van der Waals surface area (Å²) in [7, 11) is 0. The highest BCUT2D eigenvalue weighted by Gasteiger charge is 2.17. The summed E-state index contributed by atoms with van der Waals surface area (Å²) in [5, 5.41) is 4.37. The molecule has 2 heterocycles. The number of nitrogens with one attached hydrogen (secondary N) is 1. The Morgan fingerprint density at radius 3 is 2.80 bits per heavy atom. The molecule has 7 nitrogen and oxygen atoms in total. The first-order valence-electron chi connectivity index (χ1n) is 8.06. The highest BCUT2D eigenvalue weighted by atomic mass is 16.5. The number of carbonyl (C=O) groups is 1. The molecule has 0 saturated carbocycles. The second kappa shape index (κ2) is 6.88. The molecule has 1 aromatic carbocycles. The van der Waals surface area contributed by atoms with Gasteiger partial charge in [0.05, 0.1) is 16.6 Å². The molecule has 2 aromatic heterocycles. The quantitative estimate of drug-likeness (QED) is 0.717. The molecule has 0 amide bonds. The number of fused-ring (bicyclic) bond motifs is 1. The molecule has 1 atom stereocenters. The molecule has 0 saturated heterocycles. The van der Waals surface area contributed by atoms with Crippen LogP contribution in [0.15, 0.2) is 33.6 Å². The van der Waals surface area contributed by atoms with Crippen molar-refractivity contribution in [1.82, 2.24) is 15.1 Å². The van der Waals surface area contributed by atoms with Crippen LogP contribution in [0.5, 0.6) is 0 Å². The fraction of sp³-hybridized carbons (Fsp3) is 0.333. The van der Waals surface area contributed by atoms with Crippen LogP contribution in [-0.4, -0.2) is 21.1 Å². The molecule has 3 rings (SSSR count). The lowest BCUT2D eigenvalue weighted by molar-refractivity contribution is -0.148. The number of ether oxygens (including phenoxy) is 1. The van der Waals surface area contributed by atoms with Crippen molar-refractivity contribution in [3.63, 3.8) is 0 Å². The van der Waals surface area contributed by atoms with Gasteiger partial charge in [0.2, 0.25) is 0 Å². The smallest absolute Gasteiger partial charge is 0.306 e. The van der Waals surface area contributed by atoms with Crippen molar-refractivity contribution >= 4 is 16.9 Å². The Kier molecular flexibility index (Phi) is 4.65. The molecule has 0 radical (unpaired) electrons. The molecule has 3 aromatic rings. The van der Waals surface area contributed by atoms with E-state index in [0.717, 1.165) is 11.3 Å². The maximum atomic E-state index is 12.1. The van der Waals surface area contributed by atoms with E-state index in [0.29, 0.717) is 28.9 Å². The van der Waals surface area contributed by atoms with Crippen molar-refractivity contribution in [3.05, 3.63) is 57.5 Å². The number of aryl methyl sites for hydroxylation is 2. The van der Waals surface area contributed by atoms with Crippen LogP contribution < -0.4 is 5.56 Å². The first kappa shape index (κ1) is 16.9. The van der Waals surface area contributed by atoms with Crippen molar-refractivity contribution in [1.29, 1.82) is 0 Å². The molecular formula is C18H19N3O4. The monoisotopic (exact) mass is 341 g/mol. The van der Waals surface area contributed by atoms with Gasteiger partial charge in [0.1, 0.15) is 5.76 Å². The molecule has 0 aliphatic rings. The molecular weight excluding hydrogens is 322 g/mol. The summed E-state index contributed by atoms with van der Waals surface area (Å²) in [4.78, 5) is 31.2. The van der Waals surface area contributed by atoms with Crippen LogP contribution in [0, 0.1) is 13.8 Å². The molecule has 25 heavy (non-hydrogen) atoms. The van der Waals surface area contributed by atoms with E-state index in [9.17, 15) is 9.59 Å². The van der Waals surface area contributed by atoms with Crippen molar-refractivity contribution in [2.75, 3.05) is 0 Å². The van der Waals surface area contributed by atoms with E-state index in [1.54, 1.807) is 31.2 Å². The number of nitrogens with zero attached hydrogens (tertiary/aromatic N) is 2. The summed E-state index contributed by atoms with van der Waals surface area (Å²) in [5.74, 6) is 0.663. The predicted octanol–water partition coefficient (Wildman–Crippen LogP) is 2.76. The number of para-hydroxylation sites is 1. The van der Waals surface area contributed by atoms with Gasteiger partial charge >= 0.3 is 5.97 Å². The molecule has 0 spiro atoms. The molecule has 0 unspecified atom stereocenters. The van der Waals surface area contributed by atoms with Crippen LogP contribution in [0.1, 0.15) is 42.3 Å². The number of aromatic nitrogens is 3. The van der Waals surface area contributed by atoms with Crippen molar-refractivity contribution in [2.24, 2.45) is 0 Å². The Morgan fingerprint density at radius 1 is 1.32 bits per heavy atom. The molecule has 0 bridgehead atoms. The first-order valence-corrected chi connectivity index (χ1v) is 8.06. The third-order valence-corrected chi connectivity index (χ3v) is 4.08. The van der Waals surface area contributed by atoms with E-state index in [2.05, 4.69) is 15.1 Å². The van der Waals surface area contributed by atoms with Crippen molar-refractivity contribution in [3.8, 4) is 0 Å². The Morgan fingerprint density at radius 2 is 2.08 bits per heavy atom. The summed E-state index contributed by atoms with van der Waals surface area (Å²) >= 11 is 0. The number of carbonyl (C=O) groups excluding carboxylic acids is 1. The summed E-state index contributed by atoms with van der Waals surface area (Å²) < 4.78 is 10.5. The maximum absolute atomic E-state index is 12.1. The Labute approximate surface area is 144 Å². The summed E-state index contributed by atoms with van der Waals surface area (Å²) in [6, 6.07) is 7.03. The minimum absolute atomic E-state index is 0.199. The van der Waals surface area contributed by atoms with Crippen LogP contribution in [0.25, 0.3) is 10.9 Å². The lowest BCUT2D eigenvalue weighted by atomic mass is 10.1. The molecule has 1 N–H and O–H groups in total. The van der Waals surface area contributed by atoms with Crippen molar-refractivity contribution in [2.45, 2.75) is 39.7 Å². The van der Waals surface area contributed by atoms with Crippen LogP contribution in [-0.2, 0) is 16.0 Å². The normalized spacial score (nSPS) is 12.3. The van der Waals surface area contributed by atoms with Gasteiger partial charge in [-0.3, -0.25) is 9.59 Å². The number of H-pyrrole nitrogens is 1. The topological polar surface area (TPSA) is 98.1 Å². The van der Waals surface area contributed by atoms with Gasteiger partial charge in [0, 0.05) is 12.0 Å². The number of esters is 1. The van der Waals surface area contributed by atoms with Gasteiger partial charge in [-0.25, -0.2) is 4.98 Å². The Balaban J connectivity index is 1.68. The Bertz CT molecular complexity index is 954. The zero-order chi connectivity index (χ0) is 18.0. The van der Waals surface area contributed by atoms with Gasteiger partial charge in [-0.2, -0.15) is 0 Å². The molecule has 130 valence electrons. The number of aromatic amines is 1. The number of benzene rings is 1. The highest BCUT2D eigenvalue weighted by Crippen LogP contribution is 2.18. The van der Waals surface area contributed by atoms with Gasteiger partial charge in [-0.1, -0.05) is 17.3 Å². The average molecular weight is 341 g/mol. The third kappa shape index (κ3) is 3.60. The minimum Gasteiger partial charge on any atom is -0.454 e. The molecule has 0 aliphatic heterocycles. The van der Waals surface area contributed by atoms with E-state index in [1.165, 1.54) is 0 Å². The molecule has 0 fully saturated rings. The SMILES string of the molecule is Cc1noc(C)c1CCC(=O)O[C@H](C)c1nc2ccccc2c(=O)[nH]1. The number of hydrogen-bond donors (Lipinski definition) is 1. The van der Waals surface area contributed by atoms with E-state index in [4.69, 9.17) is 9.26 Å². The van der Waals surface area contributed by atoms with Crippen molar-refractivity contribution < 1.29 is 14.1 Å². The van der Waals surface area contributed by atoms with E-state index >= 15 is 0 Å². The molecule has 7 heteroatoms. The third-order valence-electron chi connectivity index (χ3n) is 4.08. The minimum atomic E-state index is -0.644. The summed E-state index contributed by atoms with van der Waals surface area (Å²) in [5.41, 5.74) is 2.01. The first-order chi connectivity index (χ1) is 12.0. The largest absolute Gasteiger partial charge is 0.454 e. The lowest BCUT2D eigenvalue weighted by Gasteiger charge is -2.13. The summed E-state index contributed by atoms with van der Waals surface area (Å²) in [6.07, 6.45) is 0.0499. The standard InChI is InChI=1S/C18H19N3O4/c1-10-13(11(2)25-21-10)8-9-16(22)24-12(3)17-19-15-7-5-4-6-14(15)18(23)20-17/h4-7,12H,8-9H2,1-3H3,(H,19,20,23)/t12-/m1/s1. The van der Waals surface area contributed by atoms with E-state index in [1.807, 2.05) is 13.8 Å². The number of rotatable bonds is 5. The van der Waals surface area contributed by atoms with E-state index in [-0.39, 0.29) is 17.9 Å². The fourth-order valence-electron chi connectivity index (χ4n) is 2.69. The highest BCUT2D eigenvalue weighted by molar-refractivity contribution is 5.77. The average Bonchev–Trinajstić information content (AvgIpc) is 2.91. The van der Waals surface area contributed by atoms with E-state index < -0.39 is 6.10 Å². The fourth-order valence-corrected chi connectivity index (χ4v) is 2.69. The predicted molar refractivity (Wildman–Crippen MR) is 91.2 cm³/mol. The van der Waals surface area contributed by atoms with Crippen LogP contribution in [0.3, 0.4) is 0 Å². The second-order valence-corrected chi connectivity index (χ2v) is 5.90. The van der Waals surface area contributed by atoms with Gasteiger partial charge in [-0.05, 0) is 39.3 Å².